The van der Waals surface area contributed by atoms with Crippen LogP contribution in [0.3, 0.4) is 0 Å². The SMILES string of the molecule is c1ccc(-c2ccc(C3(c4ccc(-c5ccccc5)cc4)c4cc(N(c5ccccc5)c5cccc6ccccc56)ccc4-c4ccc(N(c5ccccc5)c5cccc6ccccc56)cc43)cc2)cc1. The van der Waals surface area contributed by atoms with Crippen LogP contribution in [0, 0.1) is 0 Å². The van der Waals surface area contributed by atoms with Crippen molar-refractivity contribution < 1.29 is 0 Å². The zero-order valence-electron chi connectivity index (χ0n) is 39.1. The number of nitrogens with zero attached hydrogens (tertiary/aromatic N) is 2. The number of benzene rings is 12. The summed E-state index contributed by atoms with van der Waals surface area (Å²) in [7, 11) is 0. The van der Waals surface area contributed by atoms with Crippen LogP contribution in [0.1, 0.15) is 22.3 Å². The Bertz CT molecular complexity index is 3580. The van der Waals surface area contributed by atoms with Gasteiger partial charge in [0.05, 0.1) is 16.8 Å². The van der Waals surface area contributed by atoms with Gasteiger partial charge in [-0.15, -0.1) is 0 Å². The van der Waals surface area contributed by atoms with Gasteiger partial charge in [0.25, 0.3) is 0 Å². The number of rotatable bonds is 10. The minimum absolute atomic E-state index is 0.747. The molecule has 0 unspecified atom stereocenters. The van der Waals surface area contributed by atoms with E-state index in [0.717, 1.165) is 34.1 Å². The molecular weight excluding hydrogens is 857 g/mol. The highest BCUT2D eigenvalue weighted by Gasteiger charge is 2.47. The monoisotopic (exact) mass is 904 g/mol. The molecule has 0 atom stereocenters. The predicted octanol–water partition coefficient (Wildman–Crippen LogP) is 18.6. The van der Waals surface area contributed by atoms with Gasteiger partial charge in [-0.1, -0.05) is 231 Å². The van der Waals surface area contributed by atoms with Crippen molar-refractivity contribution in [1.29, 1.82) is 0 Å². The van der Waals surface area contributed by atoms with E-state index < -0.39 is 5.41 Å². The van der Waals surface area contributed by atoms with Crippen LogP contribution in [0.2, 0.25) is 0 Å². The smallest absolute Gasteiger partial charge is 0.0715 e. The zero-order valence-corrected chi connectivity index (χ0v) is 39.1. The Morgan fingerprint density at radius 3 is 0.986 bits per heavy atom. The van der Waals surface area contributed by atoms with Crippen LogP contribution >= 0.6 is 0 Å². The van der Waals surface area contributed by atoms with Crippen molar-refractivity contribution in [3.63, 3.8) is 0 Å². The van der Waals surface area contributed by atoms with E-state index in [-0.39, 0.29) is 0 Å². The van der Waals surface area contributed by atoms with Gasteiger partial charge in [-0.05, 0) is 127 Å². The summed E-state index contributed by atoms with van der Waals surface area (Å²) in [4.78, 5) is 4.88. The third-order valence-corrected chi connectivity index (χ3v) is 14.5. The topological polar surface area (TPSA) is 6.48 Å². The molecule has 0 aliphatic heterocycles. The van der Waals surface area contributed by atoms with Gasteiger partial charge < -0.3 is 9.80 Å². The number of para-hydroxylation sites is 2. The second-order valence-corrected chi connectivity index (χ2v) is 18.4. The first-order valence-electron chi connectivity index (χ1n) is 24.5. The van der Waals surface area contributed by atoms with Crippen LogP contribution in [-0.4, -0.2) is 0 Å². The van der Waals surface area contributed by atoms with Crippen LogP contribution in [0.15, 0.2) is 291 Å². The summed E-state index contributed by atoms with van der Waals surface area (Å²) in [6.07, 6.45) is 0. The van der Waals surface area contributed by atoms with Gasteiger partial charge in [0.15, 0.2) is 0 Å². The Hall–Kier alpha value is -9.24. The van der Waals surface area contributed by atoms with E-state index in [1.54, 1.807) is 0 Å². The largest absolute Gasteiger partial charge is 0.310 e. The molecule has 0 N–H and O–H groups in total. The molecule has 13 rings (SSSR count). The molecular formula is C69H48N2. The molecule has 12 aromatic carbocycles. The van der Waals surface area contributed by atoms with Crippen molar-refractivity contribution in [2.24, 2.45) is 0 Å². The maximum Gasteiger partial charge on any atom is 0.0715 e. The third-order valence-electron chi connectivity index (χ3n) is 14.5. The number of fused-ring (bicyclic) bond motifs is 5. The minimum Gasteiger partial charge on any atom is -0.310 e. The van der Waals surface area contributed by atoms with Gasteiger partial charge in [-0.25, -0.2) is 0 Å². The van der Waals surface area contributed by atoms with Crippen molar-refractivity contribution in [3.05, 3.63) is 313 Å². The van der Waals surface area contributed by atoms with Crippen molar-refractivity contribution >= 4 is 55.7 Å². The number of hydrogen-bond donors (Lipinski definition) is 0. The lowest BCUT2D eigenvalue weighted by molar-refractivity contribution is 0.768. The zero-order chi connectivity index (χ0) is 47.1. The minimum atomic E-state index is -0.747. The van der Waals surface area contributed by atoms with Gasteiger partial charge in [0, 0.05) is 33.5 Å². The molecule has 0 saturated heterocycles. The highest BCUT2D eigenvalue weighted by molar-refractivity contribution is 6.01. The molecule has 0 radical (unpaired) electrons. The van der Waals surface area contributed by atoms with Gasteiger partial charge in [0.1, 0.15) is 0 Å². The van der Waals surface area contributed by atoms with Crippen molar-refractivity contribution in [1.82, 2.24) is 0 Å². The van der Waals surface area contributed by atoms with Gasteiger partial charge in [-0.2, -0.15) is 0 Å². The van der Waals surface area contributed by atoms with Crippen LogP contribution in [-0.2, 0) is 5.41 Å². The maximum absolute atomic E-state index is 2.49. The molecule has 0 saturated carbocycles. The second kappa shape index (κ2) is 17.7. The van der Waals surface area contributed by atoms with Crippen LogP contribution < -0.4 is 9.80 Å². The Balaban J connectivity index is 1.11. The van der Waals surface area contributed by atoms with E-state index in [1.807, 2.05) is 0 Å². The lowest BCUT2D eigenvalue weighted by Gasteiger charge is -2.36. The van der Waals surface area contributed by atoms with E-state index in [9.17, 15) is 0 Å². The molecule has 2 heteroatoms. The lowest BCUT2D eigenvalue weighted by Crippen LogP contribution is -2.29. The summed E-state index contributed by atoms with van der Waals surface area (Å²) in [6, 6.07) is 107. The first-order chi connectivity index (χ1) is 35.2. The quantitative estimate of drug-likeness (QED) is 0.135. The first-order valence-corrected chi connectivity index (χ1v) is 24.5. The van der Waals surface area contributed by atoms with E-state index in [2.05, 4.69) is 301 Å². The molecule has 2 nitrogen and oxygen atoms in total. The molecule has 12 aromatic rings. The van der Waals surface area contributed by atoms with Crippen molar-refractivity contribution in [3.8, 4) is 33.4 Å². The fourth-order valence-electron chi connectivity index (χ4n) is 11.3. The van der Waals surface area contributed by atoms with E-state index >= 15 is 0 Å². The van der Waals surface area contributed by atoms with E-state index in [1.165, 1.54) is 77.2 Å². The summed E-state index contributed by atoms with van der Waals surface area (Å²) >= 11 is 0. The molecule has 0 heterocycles. The van der Waals surface area contributed by atoms with Crippen LogP contribution in [0.4, 0.5) is 34.1 Å². The fourth-order valence-corrected chi connectivity index (χ4v) is 11.3. The average molecular weight is 905 g/mol. The normalized spacial score (nSPS) is 12.3. The van der Waals surface area contributed by atoms with E-state index in [0.29, 0.717) is 0 Å². The Morgan fingerprint density at radius 2 is 0.577 bits per heavy atom. The molecule has 0 bridgehead atoms. The van der Waals surface area contributed by atoms with Crippen LogP contribution in [0.5, 0.6) is 0 Å². The molecule has 1 aliphatic rings. The van der Waals surface area contributed by atoms with Crippen molar-refractivity contribution in [2.75, 3.05) is 9.80 Å². The van der Waals surface area contributed by atoms with E-state index in [4.69, 9.17) is 0 Å². The predicted molar refractivity (Wildman–Crippen MR) is 299 cm³/mol. The van der Waals surface area contributed by atoms with Gasteiger partial charge in [-0.3, -0.25) is 0 Å². The Kier molecular flexibility index (Phi) is 10.4. The first kappa shape index (κ1) is 41.9. The summed E-state index contributed by atoms with van der Waals surface area (Å²) in [6.45, 7) is 0. The highest BCUT2D eigenvalue weighted by Crippen LogP contribution is 2.59. The molecule has 334 valence electrons. The molecule has 1 aliphatic carbocycles. The van der Waals surface area contributed by atoms with Crippen LogP contribution in [0.25, 0.3) is 54.9 Å². The highest BCUT2D eigenvalue weighted by atomic mass is 15.1. The Labute approximate surface area is 415 Å². The maximum atomic E-state index is 2.49. The molecule has 71 heavy (non-hydrogen) atoms. The second-order valence-electron chi connectivity index (χ2n) is 18.4. The molecule has 0 aromatic heterocycles. The average Bonchev–Trinajstić information content (AvgIpc) is 3.74. The van der Waals surface area contributed by atoms with Gasteiger partial charge in [0.2, 0.25) is 0 Å². The fraction of sp³-hybridized carbons (Fsp3) is 0.0145. The molecule has 0 spiro atoms. The standard InChI is InChI=1S/C69H48N2/c1-5-19-49(20-6-1)51-35-39-55(40-36-51)69(56-41-37-52(38-42-56)50-21-7-2-8-22-50)65-47-59(70(57-27-9-3-10-28-57)67-33-17-25-53-23-13-15-31-61(53)67)43-45-63(65)64-46-44-60(48-66(64)69)71(58-29-11-4-12-30-58)68-34-18-26-54-24-14-16-32-62(54)68/h1-48H. The summed E-state index contributed by atoms with van der Waals surface area (Å²) in [5.74, 6) is 0. The summed E-state index contributed by atoms with van der Waals surface area (Å²) < 4.78 is 0. The van der Waals surface area contributed by atoms with Gasteiger partial charge >= 0.3 is 0 Å². The summed E-state index contributed by atoms with van der Waals surface area (Å²) in [5, 5.41) is 4.79. The molecule has 0 fully saturated rings. The number of anilines is 6. The van der Waals surface area contributed by atoms with Crippen molar-refractivity contribution in [2.45, 2.75) is 5.41 Å². The molecule has 0 amide bonds. The Morgan fingerprint density at radius 1 is 0.239 bits per heavy atom. The third kappa shape index (κ3) is 7.19. The number of hydrogen-bond acceptors (Lipinski definition) is 2. The summed E-state index contributed by atoms with van der Waals surface area (Å²) in [5.41, 5.74) is 18.0. The lowest BCUT2D eigenvalue weighted by atomic mass is 9.67.